The molecule has 0 aliphatic heterocycles. The average molecular weight is 560 g/mol. The summed E-state index contributed by atoms with van der Waals surface area (Å²) in [6.07, 6.45) is 0.388. The van der Waals surface area contributed by atoms with Crippen LogP contribution in [0.3, 0.4) is 0 Å². The maximum Gasteiger partial charge on any atom is 0.408 e. The number of ether oxygens (including phenoxy) is 1. The van der Waals surface area contributed by atoms with Crippen LogP contribution in [0.25, 0.3) is 10.8 Å². The third kappa shape index (κ3) is 8.56. The minimum Gasteiger partial charge on any atom is -0.444 e. The summed E-state index contributed by atoms with van der Waals surface area (Å²) in [4.78, 5) is 42.9. The van der Waals surface area contributed by atoms with Gasteiger partial charge in [0.05, 0.1) is 0 Å². The number of carbonyl (C=O) groups is 3. The van der Waals surface area contributed by atoms with Gasteiger partial charge in [0.15, 0.2) is 0 Å². The van der Waals surface area contributed by atoms with E-state index in [1.54, 1.807) is 25.7 Å². The number of hydrogen-bond acceptors (Lipinski definition) is 4. The quantitative estimate of drug-likeness (QED) is 0.273. The van der Waals surface area contributed by atoms with Gasteiger partial charge in [-0.1, -0.05) is 69.3 Å². The van der Waals surface area contributed by atoms with Crippen LogP contribution in [0.5, 0.6) is 0 Å². The smallest absolute Gasteiger partial charge is 0.408 e. The summed E-state index contributed by atoms with van der Waals surface area (Å²) in [5.41, 5.74) is 2.56. The zero-order valence-corrected chi connectivity index (χ0v) is 25.7. The van der Waals surface area contributed by atoms with Crippen LogP contribution in [-0.4, -0.2) is 41.0 Å². The van der Waals surface area contributed by atoms with Gasteiger partial charge in [-0.2, -0.15) is 0 Å². The van der Waals surface area contributed by atoms with Crippen molar-refractivity contribution in [3.05, 3.63) is 77.4 Å². The van der Waals surface area contributed by atoms with Crippen molar-refractivity contribution in [1.82, 2.24) is 10.2 Å². The zero-order valence-electron chi connectivity index (χ0n) is 25.7. The monoisotopic (exact) mass is 559 g/mol. The summed E-state index contributed by atoms with van der Waals surface area (Å²) >= 11 is 0. The molecule has 0 heterocycles. The summed E-state index contributed by atoms with van der Waals surface area (Å²) in [6.45, 7) is 15.6. The fourth-order valence-corrected chi connectivity index (χ4v) is 5.12. The molecule has 2 N–H and O–H groups in total. The van der Waals surface area contributed by atoms with Crippen LogP contribution in [0.4, 0.5) is 10.5 Å². The van der Waals surface area contributed by atoms with Gasteiger partial charge in [0.25, 0.3) is 5.91 Å². The normalized spacial score (nSPS) is 13.0. The minimum atomic E-state index is -0.898. The van der Waals surface area contributed by atoms with Gasteiger partial charge in [0, 0.05) is 12.2 Å². The molecule has 3 amide bonds. The molecule has 0 saturated carbocycles. The largest absolute Gasteiger partial charge is 0.444 e. The molecule has 0 fully saturated rings. The Kier molecular flexibility index (Phi) is 10.5. The van der Waals surface area contributed by atoms with Gasteiger partial charge in [-0.3, -0.25) is 9.59 Å². The molecule has 0 bridgehead atoms. The fourth-order valence-electron chi connectivity index (χ4n) is 5.12. The molecule has 0 spiro atoms. The third-order valence-corrected chi connectivity index (χ3v) is 6.84. The van der Waals surface area contributed by atoms with Crippen molar-refractivity contribution in [2.45, 2.75) is 85.9 Å². The van der Waals surface area contributed by atoms with Crippen molar-refractivity contribution in [2.24, 2.45) is 5.92 Å². The van der Waals surface area contributed by atoms with Crippen LogP contribution < -0.4 is 10.6 Å². The number of alkyl carbamates (subject to hydrolysis) is 1. The molecule has 41 heavy (non-hydrogen) atoms. The summed E-state index contributed by atoms with van der Waals surface area (Å²) < 4.78 is 5.48. The molecule has 0 radical (unpaired) electrons. The van der Waals surface area contributed by atoms with Gasteiger partial charge in [-0.05, 0) is 93.0 Å². The molecule has 0 saturated heterocycles. The van der Waals surface area contributed by atoms with Gasteiger partial charge in [-0.15, -0.1) is 0 Å². The molecule has 7 heteroatoms. The SMILES string of the molecule is CCCN(C(=O)C(CC(C)C)NC(=O)OC(C)(C)C)C(C(=O)Nc1ccc2ccccc2c1)c1c(C)cccc1C. The van der Waals surface area contributed by atoms with Crippen LogP contribution in [0.1, 0.15) is 77.1 Å². The van der Waals surface area contributed by atoms with Crippen LogP contribution in [0.2, 0.25) is 0 Å². The van der Waals surface area contributed by atoms with E-state index in [9.17, 15) is 14.4 Å². The van der Waals surface area contributed by atoms with Crippen LogP contribution in [0.15, 0.2) is 60.7 Å². The molecule has 0 aromatic heterocycles. The number of rotatable bonds is 10. The van der Waals surface area contributed by atoms with E-state index >= 15 is 0 Å². The van der Waals surface area contributed by atoms with Gasteiger partial charge in [-0.25, -0.2) is 4.79 Å². The Morgan fingerprint density at radius 2 is 1.54 bits per heavy atom. The molecule has 0 aliphatic rings. The number of benzene rings is 3. The van der Waals surface area contributed by atoms with Crippen molar-refractivity contribution in [3.8, 4) is 0 Å². The number of anilines is 1. The molecule has 2 atom stereocenters. The summed E-state index contributed by atoms with van der Waals surface area (Å²) in [5, 5.41) is 7.97. The molecular formula is C34H45N3O4. The molecule has 220 valence electrons. The highest BCUT2D eigenvalue weighted by Crippen LogP contribution is 2.31. The third-order valence-electron chi connectivity index (χ3n) is 6.84. The Morgan fingerprint density at radius 3 is 2.12 bits per heavy atom. The first-order chi connectivity index (χ1) is 19.3. The van der Waals surface area contributed by atoms with Crippen molar-refractivity contribution in [2.75, 3.05) is 11.9 Å². The molecule has 2 unspecified atom stereocenters. The van der Waals surface area contributed by atoms with E-state index in [1.165, 1.54) is 0 Å². The van der Waals surface area contributed by atoms with Gasteiger partial charge in [0.1, 0.15) is 17.7 Å². The number of carbonyl (C=O) groups excluding carboxylic acids is 3. The first kappa shape index (κ1) is 31.7. The summed E-state index contributed by atoms with van der Waals surface area (Å²) in [6, 6.07) is 17.9. The number of nitrogens with zero attached hydrogens (tertiary/aromatic N) is 1. The predicted octanol–water partition coefficient (Wildman–Crippen LogP) is 7.31. The van der Waals surface area contributed by atoms with E-state index in [4.69, 9.17) is 4.74 Å². The number of aryl methyl sites for hydroxylation is 2. The van der Waals surface area contributed by atoms with E-state index in [-0.39, 0.29) is 17.7 Å². The van der Waals surface area contributed by atoms with Crippen LogP contribution in [0, 0.1) is 19.8 Å². The molecular weight excluding hydrogens is 514 g/mol. The highest BCUT2D eigenvalue weighted by atomic mass is 16.6. The molecule has 0 aliphatic carbocycles. The van der Waals surface area contributed by atoms with E-state index < -0.39 is 23.8 Å². The minimum absolute atomic E-state index is 0.118. The second-order valence-electron chi connectivity index (χ2n) is 12.1. The lowest BCUT2D eigenvalue weighted by Crippen LogP contribution is -2.53. The van der Waals surface area contributed by atoms with E-state index in [1.807, 2.05) is 95.3 Å². The number of hydrogen-bond donors (Lipinski definition) is 2. The topological polar surface area (TPSA) is 87.7 Å². The average Bonchev–Trinajstić information content (AvgIpc) is 2.87. The van der Waals surface area contributed by atoms with Crippen molar-refractivity contribution in [3.63, 3.8) is 0 Å². The van der Waals surface area contributed by atoms with Crippen molar-refractivity contribution < 1.29 is 19.1 Å². The number of nitrogens with one attached hydrogen (secondary N) is 2. The molecule has 3 aromatic carbocycles. The Labute approximate surface area is 244 Å². The maximum atomic E-state index is 14.3. The van der Waals surface area contributed by atoms with Crippen molar-refractivity contribution >= 4 is 34.4 Å². The standard InChI is InChI=1S/C34H45N3O4/c1-9-19-37(32(39)28(20-22(2)3)36-33(40)41-34(6,7)8)30(29-23(4)13-12-14-24(29)5)31(38)35-27-18-17-25-15-10-11-16-26(25)21-27/h10-18,21-22,28,30H,9,19-20H2,1-8H3,(H,35,38)(H,36,40). The second kappa shape index (κ2) is 13.7. The van der Waals surface area contributed by atoms with E-state index in [0.717, 1.165) is 27.5 Å². The first-order valence-electron chi connectivity index (χ1n) is 14.5. The van der Waals surface area contributed by atoms with Gasteiger partial charge >= 0.3 is 6.09 Å². The Hall–Kier alpha value is -3.87. The van der Waals surface area contributed by atoms with Crippen molar-refractivity contribution in [1.29, 1.82) is 0 Å². The second-order valence-corrected chi connectivity index (χ2v) is 12.1. The first-order valence-corrected chi connectivity index (χ1v) is 14.5. The Bertz CT molecular complexity index is 1360. The number of amides is 3. The summed E-state index contributed by atoms with van der Waals surface area (Å²) in [7, 11) is 0. The lowest BCUT2D eigenvalue weighted by molar-refractivity contribution is -0.141. The molecule has 3 aromatic rings. The maximum absolute atomic E-state index is 14.3. The Morgan fingerprint density at radius 1 is 0.902 bits per heavy atom. The lowest BCUT2D eigenvalue weighted by atomic mass is 9.92. The van der Waals surface area contributed by atoms with Crippen LogP contribution >= 0.6 is 0 Å². The number of fused-ring (bicyclic) bond motifs is 1. The van der Waals surface area contributed by atoms with Gasteiger partial charge < -0.3 is 20.3 Å². The Balaban J connectivity index is 2.05. The predicted molar refractivity (Wildman–Crippen MR) is 166 cm³/mol. The highest BCUT2D eigenvalue weighted by Gasteiger charge is 2.37. The van der Waals surface area contributed by atoms with E-state index in [2.05, 4.69) is 10.6 Å². The van der Waals surface area contributed by atoms with Crippen LogP contribution in [-0.2, 0) is 14.3 Å². The highest BCUT2D eigenvalue weighted by molar-refractivity contribution is 6.00. The summed E-state index contributed by atoms with van der Waals surface area (Å²) in [5.74, 6) is -0.500. The fraction of sp³-hybridized carbons (Fsp3) is 0.441. The van der Waals surface area contributed by atoms with Gasteiger partial charge in [0.2, 0.25) is 5.91 Å². The molecule has 3 rings (SSSR count). The lowest BCUT2D eigenvalue weighted by Gasteiger charge is -2.36. The molecule has 7 nitrogen and oxygen atoms in total. The zero-order chi connectivity index (χ0) is 30.3. The van der Waals surface area contributed by atoms with E-state index in [0.29, 0.717) is 25.1 Å².